The topological polar surface area (TPSA) is 72.5 Å². The van der Waals surface area contributed by atoms with Gasteiger partial charge in [0.05, 0.1) is 22.2 Å². The summed E-state index contributed by atoms with van der Waals surface area (Å²) in [6.45, 7) is 1.73. The zero-order valence-corrected chi connectivity index (χ0v) is 15.2. The van der Waals surface area contributed by atoms with Crippen molar-refractivity contribution in [3.63, 3.8) is 0 Å². The molecular formula is C18H17NO4S2. The summed E-state index contributed by atoms with van der Waals surface area (Å²) < 4.78 is 5.07. The van der Waals surface area contributed by atoms with Gasteiger partial charge in [-0.05, 0) is 30.7 Å². The van der Waals surface area contributed by atoms with Crippen molar-refractivity contribution in [1.82, 2.24) is 0 Å². The number of anilines is 1. The first-order valence-corrected chi connectivity index (χ1v) is 9.60. The van der Waals surface area contributed by atoms with E-state index in [1.807, 2.05) is 37.3 Å². The van der Waals surface area contributed by atoms with Gasteiger partial charge in [0.15, 0.2) is 6.61 Å². The highest BCUT2D eigenvalue weighted by Crippen LogP contribution is 2.36. The lowest BCUT2D eigenvalue weighted by Crippen LogP contribution is -2.31. The smallest absolute Gasteiger partial charge is 0.307 e. The van der Waals surface area contributed by atoms with Crippen LogP contribution in [0.15, 0.2) is 41.3 Å². The quantitative estimate of drug-likeness (QED) is 0.618. The largest absolute Gasteiger partial charge is 0.457 e. The molecule has 25 heavy (non-hydrogen) atoms. The number of ether oxygens (including phenoxy) is 1. The van der Waals surface area contributed by atoms with Gasteiger partial charge in [0.1, 0.15) is 0 Å². The van der Waals surface area contributed by atoms with Crippen LogP contribution in [0.3, 0.4) is 0 Å². The first-order chi connectivity index (χ1) is 12.1. The van der Waals surface area contributed by atoms with Gasteiger partial charge in [-0.15, -0.1) is 23.1 Å². The van der Waals surface area contributed by atoms with E-state index in [2.05, 4.69) is 5.32 Å². The van der Waals surface area contributed by atoms with Crippen LogP contribution in [0, 0.1) is 0 Å². The fourth-order valence-corrected chi connectivity index (χ4v) is 4.34. The number of aryl methyl sites for hydroxylation is 1. The molecule has 1 aromatic carbocycles. The van der Waals surface area contributed by atoms with Crippen molar-refractivity contribution in [2.75, 3.05) is 11.9 Å². The van der Waals surface area contributed by atoms with E-state index in [1.54, 1.807) is 6.07 Å². The average Bonchev–Trinajstić information content (AvgIpc) is 3.09. The first kappa shape index (κ1) is 17.7. The molecule has 2 heterocycles. The van der Waals surface area contributed by atoms with Gasteiger partial charge in [-0.3, -0.25) is 14.4 Å². The van der Waals surface area contributed by atoms with Gasteiger partial charge in [-0.2, -0.15) is 0 Å². The van der Waals surface area contributed by atoms with E-state index in [1.165, 1.54) is 23.1 Å². The Morgan fingerprint density at radius 2 is 2.00 bits per heavy atom. The Bertz CT molecular complexity index is 815. The molecule has 0 fully saturated rings. The Labute approximate surface area is 153 Å². The predicted molar refractivity (Wildman–Crippen MR) is 98.3 cm³/mol. The zero-order valence-electron chi connectivity index (χ0n) is 13.6. The fraction of sp³-hybridized carbons (Fsp3) is 0.278. The second-order valence-corrected chi connectivity index (χ2v) is 7.91. The van der Waals surface area contributed by atoms with E-state index < -0.39 is 11.2 Å². The van der Waals surface area contributed by atoms with Crippen molar-refractivity contribution in [1.29, 1.82) is 0 Å². The lowest BCUT2D eigenvalue weighted by molar-refractivity contribution is -0.143. The second kappa shape index (κ2) is 7.84. The normalized spacial score (nSPS) is 16.0. The number of carbonyl (C=O) groups is 3. The highest BCUT2D eigenvalue weighted by atomic mass is 32.2. The predicted octanol–water partition coefficient (Wildman–Crippen LogP) is 3.54. The first-order valence-electron chi connectivity index (χ1n) is 7.91. The molecule has 0 aliphatic carbocycles. The number of fused-ring (bicyclic) bond motifs is 1. The van der Waals surface area contributed by atoms with Crippen molar-refractivity contribution in [3.8, 4) is 0 Å². The average molecular weight is 375 g/mol. The molecule has 1 amide bonds. The molecule has 7 heteroatoms. The number of para-hydroxylation sites is 1. The highest BCUT2D eigenvalue weighted by Gasteiger charge is 2.29. The fourth-order valence-electron chi connectivity index (χ4n) is 2.37. The van der Waals surface area contributed by atoms with Gasteiger partial charge < -0.3 is 10.1 Å². The van der Waals surface area contributed by atoms with Crippen LogP contribution in [-0.4, -0.2) is 29.5 Å². The molecule has 0 unspecified atom stereocenters. The SMILES string of the molecule is CCc1ccc(C(=O)COC(=O)C[C@@H]2Sc3ccccc3NC2=O)s1. The van der Waals surface area contributed by atoms with E-state index in [4.69, 9.17) is 4.74 Å². The van der Waals surface area contributed by atoms with E-state index in [0.29, 0.717) is 4.88 Å². The lowest BCUT2D eigenvalue weighted by atomic mass is 10.2. The number of nitrogens with one attached hydrogen (secondary N) is 1. The third-order valence-corrected chi connectivity index (χ3v) is 6.25. The summed E-state index contributed by atoms with van der Waals surface area (Å²) in [4.78, 5) is 38.8. The molecule has 1 aromatic heterocycles. The number of esters is 1. The maximum Gasteiger partial charge on any atom is 0.307 e. The summed E-state index contributed by atoms with van der Waals surface area (Å²) in [5, 5.41) is 2.23. The molecule has 5 nitrogen and oxygen atoms in total. The number of thiophene rings is 1. The molecular weight excluding hydrogens is 358 g/mol. The molecule has 1 N–H and O–H groups in total. The maximum atomic E-state index is 12.1. The third-order valence-electron chi connectivity index (χ3n) is 3.71. The van der Waals surface area contributed by atoms with E-state index in [0.717, 1.165) is 21.9 Å². The van der Waals surface area contributed by atoms with Gasteiger partial charge in [0.25, 0.3) is 0 Å². The number of hydrogen-bond acceptors (Lipinski definition) is 6. The zero-order chi connectivity index (χ0) is 17.8. The highest BCUT2D eigenvalue weighted by molar-refractivity contribution is 8.01. The number of thioether (sulfide) groups is 1. The minimum atomic E-state index is -0.550. The lowest BCUT2D eigenvalue weighted by Gasteiger charge is -2.23. The third kappa shape index (κ3) is 4.29. The van der Waals surface area contributed by atoms with Crippen LogP contribution in [0.4, 0.5) is 5.69 Å². The van der Waals surface area contributed by atoms with Gasteiger partial charge in [0.2, 0.25) is 11.7 Å². The van der Waals surface area contributed by atoms with Gasteiger partial charge in [-0.1, -0.05) is 19.1 Å². The summed E-state index contributed by atoms with van der Waals surface area (Å²) in [6.07, 6.45) is 0.802. The Morgan fingerprint density at radius 3 is 2.76 bits per heavy atom. The number of rotatable bonds is 6. The van der Waals surface area contributed by atoms with Crippen LogP contribution in [0.5, 0.6) is 0 Å². The number of carbonyl (C=O) groups excluding carboxylic acids is 3. The van der Waals surface area contributed by atoms with Crippen molar-refractivity contribution in [2.24, 2.45) is 0 Å². The summed E-state index contributed by atoms with van der Waals surface area (Å²) in [6, 6.07) is 11.1. The van der Waals surface area contributed by atoms with Crippen molar-refractivity contribution >= 4 is 46.4 Å². The number of ketones is 1. The summed E-state index contributed by atoms with van der Waals surface area (Å²) in [5.74, 6) is -0.991. The van der Waals surface area contributed by atoms with Crippen LogP contribution in [0.2, 0.25) is 0 Å². The van der Waals surface area contributed by atoms with Crippen molar-refractivity contribution < 1.29 is 19.1 Å². The monoisotopic (exact) mass is 375 g/mol. The van der Waals surface area contributed by atoms with Crippen LogP contribution in [0.25, 0.3) is 0 Å². The molecule has 0 saturated carbocycles. The number of benzene rings is 1. The Balaban J connectivity index is 1.52. The summed E-state index contributed by atoms with van der Waals surface area (Å²) >= 11 is 2.75. The number of amides is 1. The molecule has 0 radical (unpaired) electrons. The molecule has 130 valence electrons. The maximum absolute atomic E-state index is 12.1. The Hall–Kier alpha value is -2.12. The molecule has 0 bridgehead atoms. The number of hydrogen-bond donors (Lipinski definition) is 1. The summed E-state index contributed by atoms with van der Waals surface area (Å²) in [5.41, 5.74) is 0.752. The van der Waals surface area contributed by atoms with Gasteiger partial charge in [0, 0.05) is 9.77 Å². The molecule has 1 aliphatic rings. The second-order valence-electron chi connectivity index (χ2n) is 5.50. The van der Waals surface area contributed by atoms with E-state index in [-0.39, 0.29) is 24.7 Å². The Morgan fingerprint density at radius 1 is 1.20 bits per heavy atom. The molecule has 3 rings (SSSR count). The van der Waals surface area contributed by atoms with Crippen LogP contribution < -0.4 is 5.32 Å². The van der Waals surface area contributed by atoms with Crippen LogP contribution in [-0.2, 0) is 20.7 Å². The standard InChI is InChI=1S/C18H17NO4S2/c1-2-11-7-8-15(24-11)13(20)10-23-17(21)9-16-18(22)19-12-5-3-4-6-14(12)25-16/h3-8,16H,2,9-10H2,1H3,(H,19,22)/t16-/m0/s1. The van der Waals surface area contributed by atoms with Crippen molar-refractivity contribution in [3.05, 3.63) is 46.2 Å². The van der Waals surface area contributed by atoms with Gasteiger partial charge in [-0.25, -0.2) is 0 Å². The number of Topliss-reactive ketones (excluding diaryl/α,β-unsaturated/α-hetero) is 1. The van der Waals surface area contributed by atoms with E-state index in [9.17, 15) is 14.4 Å². The molecule has 1 atom stereocenters. The summed E-state index contributed by atoms with van der Waals surface area (Å²) in [7, 11) is 0. The molecule has 0 spiro atoms. The molecule has 0 saturated heterocycles. The van der Waals surface area contributed by atoms with Crippen LogP contribution >= 0.6 is 23.1 Å². The minimum Gasteiger partial charge on any atom is -0.457 e. The molecule has 2 aromatic rings. The van der Waals surface area contributed by atoms with E-state index >= 15 is 0 Å². The van der Waals surface area contributed by atoms with Crippen LogP contribution in [0.1, 0.15) is 27.9 Å². The Kier molecular flexibility index (Phi) is 5.55. The van der Waals surface area contributed by atoms with Gasteiger partial charge >= 0.3 is 5.97 Å². The molecule has 1 aliphatic heterocycles. The van der Waals surface area contributed by atoms with Crippen molar-refractivity contribution in [2.45, 2.75) is 29.9 Å². The minimum absolute atomic E-state index is 0.0667.